The number of halogens is 1. The van der Waals surface area contributed by atoms with Crippen LogP contribution in [0, 0.1) is 5.92 Å². The molecular weight excluding hydrogens is 272 g/mol. The van der Waals surface area contributed by atoms with Gasteiger partial charge in [0.25, 0.3) is 0 Å². The highest BCUT2D eigenvalue weighted by atomic mass is 35.5. The number of hydrogen-bond acceptors (Lipinski definition) is 2. The summed E-state index contributed by atoms with van der Waals surface area (Å²) in [5.74, 6) is 0.543. The van der Waals surface area contributed by atoms with E-state index in [0.29, 0.717) is 5.92 Å². The molecular formula is C17H23ClO2. The lowest BCUT2D eigenvalue weighted by Crippen LogP contribution is -2.32. The summed E-state index contributed by atoms with van der Waals surface area (Å²) in [7, 11) is 0. The first-order chi connectivity index (χ1) is 9.78. The Kier molecular flexibility index (Phi) is 6.58. The fraction of sp³-hybridized carbons (Fsp3) is 0.529. The number of ether oxygens (including phenoxy) is 2. The van der Waals surface area contributed by atoms with E-state index in [2.05, 4.69) is 18.7 Å². The molecule has 2 rings (SSSR count). The number of hydrogen-bond donors (Lipinski definition) is 0. The van der Waals surface area contributed by atoms with Crippen molar-refractivity contribution in [3.05, 3.63) is 47.5 Å². The molecule has 1 saturated heterocycles. The first-order valence-electron chi connectivity index (χ1n) is 7.36. The molecule has 1 fully saturated rings. The molecule has 1 aromatic rings. The van der Waals surface area contributed by atoms with Gasteiger partial charge in [0.05, 0.1) is 13.2 Å². The van der Waals surface area contributed by atoms with Gasteiger partial charge in [0.1, 0.15) is 0 Å². The van der Waals surface area contributed by atoms with Crippen molar-refractivity contribution < 1.29 is 9.47 Å². The van der Waals surface area contributed by atoms with Gasteiger partial charge in [0.15, 0.2) is 6.29 Å². The number of unbranched alkanes of at least 4 members (excludes halogenated alkanes) is 1. The van der Waals surface area contributed by atoms with Crippen LogP contribution in [0.3, 0.4) is 0 Å². The van der Waals surface area contributed by atoms with Crippen LogP contribution in [0.15, 0.2) is 36.9 Å². The Bertz CT molecular complexity index is 394. The monoisotopic (exact) mass is 294 g/mol. The fourth-order valence-corrected chi connectivity index (χ4v) is 2.53. The number of allylic oxidation sites excluding steroid dienone is 1. The van der Waals surface area contributed by atoms with E-state index in [4.69, 9.17) is 21.1 Å². The zero-order valence-corrected chi connectivity index (χ0v) is 12.6. The molecule has 0 N–H and O–H groups in total. The van der Waals surface area contributed by atoms with Crippen LogP contribution in [0.5, 0.6) is 0 Å². The summed E-state index contributed by atoms with van der Waals surface area (Å²) in [6, 6.07) is 7.97. The standard InChI is InChI=1S/C17H23ClO2/c1-2-3-4-5-15-12-19-17(20-13-15)11-8-14-6-9-16(18)10-7-14/h2,6-7,9-10,15,17H,1,3-5,8,11-13H2/t15-,17-. The molecule has 0 unspecified atom stereocenters. The van der Waals surface area contributed by atoms with Crippen molar-refractivity contribution >= 4 is 11.6 Å². The topological polar surface area (TPSA) is 18.5 Å². The van der Waals surface area contributed by atoms with Gasteiger partial charge in [-0.1, -0.05) is 29.8 Å². The van der Waals surface area contributed by atoms with Gasteiger partial charge in [0.2, 0.25) is 0 Å². The number of benzene rings is 1. The molecule has 110 valence electrons. The normalized spacial score (nSPS) is 22.6. The largest absolute Gasteiger partial charge is 0.352 e. The van der Waals surface area contributed by atoms with Gasteiger partial charge in [-0.15, -0.1) is 6.58 Å². The van der Waals surface area contributed by atoms with Crippen molar-refractivity contribution in [1.29, 1.82) is 0 Å². The van der Waals surface area contributed by atoms with Crippen molar-refractivity contribution in [2.75, 3.05) is 13.2 Å². The van der Waals surface area contributed by atoms with Crippen LogP contribution < -0.4 is 0 Å². The van der Waals surface area contributed by atoms with E-state index >= 15 is 0 Å². The van der Waals surface area contributed by atoms with E-state index in [1.807, 2.05) is 18.2 Å². The highest BCUT2D eigenvalue weighted by Gasteiger charge is 2.21. The highest BCUT2D eigenvalue weighted by molar-refractivity contribution is 6.30. The Balaban J connectivity index is 1.64. The average Bonchev–Trinajstić information content (AvgIpc) is 2.48. The van der Waals surface area contributed by atoms with Gasteiger partial charge in [-0.2, -0.15) is 0 Å². The van der Waals surface area contributed by atoms with E-state index < -0.39 is 0 Å². The summed E-state index contributed by atoms with van der Waals surface area (Å²) in [4.78, 5) is 0. The molecule has 2 nitrogen and oxygen atoms in total. The summed E-state index contributed by atoms with van der Waals surface area (Å²) < 4.78 is 11.6. The molecule has 0 saturated carbocycles. The van der Waals surface area contributed by atoms with Gasteiger partial charge >= 0.3 is 0 Å². The Morgan fingerprint density at radius 2 is 1.85 bits per heavy atom. The molecule has 0 atom stereocenters. The zero-order chi connectivity index (χ0) is 14.2. The smallest absolute Gasteiger partial charge is 0.157 e. The van der Waals surface area contributed by atoms with Gasteiger partial charge < -0.3 is 9.47 Å². The van der Waals surface area contributed by atoms with Crippen LogP contribution in [-0.4, -0.2) is 19.5 Å². The van der Waals surface area contributed by atoms with Crippen LogP contribution in [0.4, 0.5) is 0 Å². The molecule has 1 aromatic carbocycles. The second-order valence-electron chi connectivity index (χ2n) is 5.35. The number of rotatable bonds is 7. The third-order valence-electron chi connectivity index (χ3n) is 3.64. The predicted molar refractivity (Wildman–Crippen MR) is 83.0 cm³/mol. The summed E-state index contributed by atoms with van der Waals surface area (Å²) >= 11 is 5.87. The van der Waals surface area contributed by atoms with Gasteiger partial charge in [-0.3, -0.25) is 0 Å². The Morgan fingerprint density at radius 1 is 1.15 bits per heavy atom. The molecule has 1 aliphatic heterocycles. The molecule has 0 aliphatic carbocycles. The molecule has 0 spiro atoms. The van der Waals surface area contributed by atoms with Gasteiger partial charge in [0, 0.05) is 17.4 Å². The van der Waals surface area contributed by atoms with E-state index in [1.54, 1.807) is 0 Å². The summed E-state index contributed by atoms with van der Waals surface area (Å²) in [6.45, 7) is 5.39. The quantitative estimate of drug-likeness (QED) is 0.540. The minimum atomic E-state index is -0.0543. The first-order valence-corrected chi connectivity index (χ1v) is 7.74. The Morgan fingerprint density at radius 3 is 2.50 bits per heavy atom. The third-order valence-corrected chi connectivity index (χ3v) is 3.89. The van der Waals surface area contributed by atoms with E-state index in [9.17, 15) is 0 Å². The van der Waals surface area contributed by atoms with E-state index in [0.717, 1.165) is 43.9 Å². The SMILES string of the molecule is C=CCCC[C@H]1CO[C@H](CCc2ccc(Cl)cc2)OC1. The molecule has 1 heterocycles. The lowest BCUT2D eigenvalue weighted by molar-refractivity contribution is -0.203. The fourth-order valence-electron chi connectivity index (χ4n) is 2.40. The van der Waals surface area contributed by atoms with Crippen LogP contribution in [0.25, 0.3) is 0 Å². The van der Waals surface area contributed by atoms with Crippen molar-refractivity contribution in [2.45, 2.75) is 38.4 Å². The maximum atomic E-state index is 5.87. The molecule has 3 heteroatoms. The summed E-state index contributed by atoms with van der Waals surface area (Å²) in [6.07, 6.45) is 7.20. The van der Waals surface area contributed by atoms with Gasteiger partial charge in [-0.05, 0) is 43.4 Å². The molecule has 0 radical (unpaired) electrons. The Hall–Kier alpha value is -0.830. The van der Waals surface area contributed by atoms with Crippen LogP contribution >= 0.6 is 11.6 Å². The minimum Gasteiger partial charge on any atom is -0.352 e. The van der Waals surface area contributed by atoms with E-state index in [-0.39, 0.29) is 6.29 Å². The predicted octanol–water partition coefficient (Wildman–Crippen LogP) is 4.62. The third kappa shape index (κ3) is 5.28. The maximum Gasteiger partial charge on any atom is 0.157 e. The lowest BCUT2D eigenvalue weighted by Gasteiger charge is -2.29. The van der Waals surface area contributed by atoms with Crippen LogP contribution in [0.1, 0.15) is 31.2 Å². The van der Waals surface area contributed by atoms with Crippen molar-refractivity contribution in [3.8, 4) is 0 Å². The molecule has 0 amide bonds. The first kappa shape index (κ1) is 15.6. The van der Waals surface area contributed by atoms with Crippen LogP contribution in [-0.2, 0) is 15.9 Å². The molecule has 1 aliphatic rings. The maximum absolute atomic E-state index is 5.87. The van der Waals surface area contributed by atoms with Gasteiger partial charge in [-0.25, -0.2) is 0 Å². The minimum absolute atomic E-state index is 0.0543. The second kappa shape index (κ2) is 8.46. The molecule has 20 heavy (non-hydrogen) atoms. The summed E-state index contributed by atoms with van der Waals surface area (Å²) in [5.41, 5.74) is 1.27. The van der Waals surface area contributed by atoms with Crippen molar-refractivity contribution in [3.63, 3.8) is 0 Å². The second-order valence-corrected chi connectivity index (χ2v) is 5.78. The zero-order valence-electron chi connectivity index (χ0n) is 11.9. The van der Waals surface area contributed by atoms with Crippen molar-refractivity contribution in [2.24, 2.45) is 5.92 Å². The lowest BCUT2D eigenvalue weighted by atomic mass is 10.0. The molecule has 0 aromatic heterocycles. The van der Waals surface area contributed by atoms with E-state index in [1.165, 1.54) is 12.0 Å². The van der Waals surface area contributed by atoms with Crippen molar-refractivity contribution in [1.82, 2.24) is 0 Å². The molecule has 0 bridgehead atoms. The average molecular weight is 295 g/mol. The number of aryl methyl sites for hydroxylation is 1. The highest BCUT2D eigenvalue weighted by Crippen LogP contribution is 2.20. The summed E-state index contributed by atoms with van der Waals surface area (Å²) in [5, 5.41) is 0.779. The Labute approximate surface area is 126 Å². The van der Waals surface area contributed by atoms with Crippen LogP contribution in [0.2, 0.25) is 5.02 Å².